The Morgan fingerprint density at radius 1 is 1.73 bits per heavy atom. The van der Waals surface area contributed by atoms with E-state index in [0.717, 1.165) is 0 Å². The fraction of sp³-hybridized carbons (Fsp3) is 0.571. The Labute approximate surface area is 64.6 Å². The van der Waals surface area contributed by atoms with Crippen LogP contribution < -0.4 is 10.8 Å². The Balaban J connectivity index is 2.51. The molecule has 1 aliphatic heterocycles. The number of carboxylic acid groups (broad SMARTS) is 1. The molecule has 3 N–H and O–H groups in total. The second kappa shape index (κ2) is 3.02. The van der Waals surface area contributed by atoms with E-state index >= 15 is 0 Å². The Bertz CT molecular complexity index is 190. The topological polar surface area (TPSA) is 77.0 Å². The highest BCUT2D eigenvalue weighted by Crippen LogP contribution is 2.11. The lowest BCUT2D eigenvalue weighted by Crippen LogP contribution is -2.73. The number of aliphatic carboxylic acids is 1. The molecule has 0 amide bonds. The lowest BCUT2D eigenvalue weighted by atomic mass is 10.2. The van der Waals surface area contributed by atoms with E-state index in [9.17, 15) is 9.90 Å². The summed E-state index contributed by atoms with van der Waals surface area (Å²) in [5, 5.41) is 10.3. The summed E-state index contributed by atoms with van der Waals surface area (Å²) < 4.78 is 5.19. The van der Waals surface area contributed by atoms with Crippen molar-refractivity contribution in [1.82, 2.24) is 0 Å². The van der Waals surface area contributed by atoms with Crippen LogP contribution >= 0.6 is 0 Å². The fourth-order valence-corrected chi connectivity index (χ4v) is 0.968. The van der Waals surface area contributed by atoms with Crippen LogP contribution in [-0.2, 0) is 9.53 Å². The second-order valence-electron chi connectivity index (χ2n) is 2.62. The number of carbonyl (C=O) groups is 1. The summed E-state index contributed by atoms with van der Waals surface area (Å²) in [5.74, 6) is -1.17. The highest BCUT2D eigenvalue weighted by atomic mass is 16.5. The molecule has 0 spiro atoms. The van der Waals surface area contributed by atoms with E-state index in [0.29, 0.717) is 0 Å². The summed E-state index contributed by atoms with van der Waals surface area (Å²) in [6.45, 7) is 1.85. The summed E-state index contributed by atoms with van der Waals surface area (Å²) in [4.78, 5) is 10.3. The van der Waals surface area contributed by atoms with Gasteiger partial charge in [0.25, 0.3) is 0 Å². The van der Waals surface area contributed by atoms with Crippen molar-refractivity contribution in [2.75, 3.05) is 0 Å². The van der Waals surface area contributed by atoms with E-state index in [4.69, 9.17) is 4.74 Å². The van der Waals surface area contributed by atoms with Crippen LogP contribution in [0.3, 0.4) is 0 Å². The SMILES string of the molecule is C[C@@H]1C=C[C@H]([C@H]([NH3+])C(=O)[O-])O1. The zero-order valence-corrected chi connectivity index (χ0v) is 6.32. The van der Waals surface area contributed by atoms with Crippen molar-refractivity contribution in [3.63, 3.8) is 0 Å². The molecule has 4 heteroatoms. The smallest absolute Gasteiger partial charge is 0.155 e. The van der Waals surface area contributed by atoms with Crippen molar-refractivity contribution in [2.24, 2.45) is 0 Å². The van der Waals surface area contributed by atoms with E-state index in [1.165, 1.54) is 0 Å². The second-order valence-corrected chi connectivity index (χ2v) is 2.62. The Hall–Kier alpha value is -0.870. The van der Waals surface area contributed by atoms with Crippen LogP contribution in [0.2, 0.25) is 0 Å². The van der Waals surface area contributed by atoms with Gasteiger partial charge in [-0.25, -0.2) is 0 Å². The summed E-state index contributed by atoms with van der Waals surface area (Å²) in [6.07, 6.45) is 3.09. The lowest BCUT2D eigenvalue weighted by molar-refractivity contribution is -0.449. The first-order chi connectivity index (χ1) is 5.11. The van der Waals surface area contributed by atoms with Gasteiger partial charge < -0.3 is 20.4 Å². The van der Waals surface area contributed by atoms with Gasteiger partial charge in [-0.2, -0.15) is 0 Å². The van der Waals surface area contributed by atoms with Gasteiger partial charge in [0.05, 0.1) is 6.10 Å². The highest BCUT2D eigenvalue weighted by molar-refractivity contribution is 5.70. The van der Waals surface area contributed by atoms with Crippen LogP contribution in [0.5, 0.6) is 0 Å². The van der Waals surface area contributed by atoms with Crippen LogP contribution in [0.15, 0.2) is 12.2 Å². The zero-order chi connectivity index (χ0) is 8.43. The highest BCUT2D eigenvalue weighted by Gasteiger charge is 2.25. The van der Waals surface area contributed by atoms with Crippen LogP contribution in [-0.4, -0.2) is 24.2 Å². The molecule has 1 aliphatic rings. The average molecular weight is 157 g/mol. The molecule has 1 heterocycles. The van der Waals surface area contributed by atoms with Crippen molar-refractivity contribution >= 4 is 5.97 Å². The van der Waals surface area contributed by atoms with Gasteiger partial charge in [0.15, 0.2) is 6.04 Å². The maximum atomic E-state index is 10.3. The number of quaternary nitrogens is 1. The van der Waals surface area contributed by atoms with Gasteiger partial charge in [-0.05, 0) is 6.92 Å². The molecule has 0 aromatic heterocycles. The van der Waals surface area contributed by atoms with Gasteiger partial charge in [-0.15, -0.1) is 0 Å². The van der Waals surface area contributed by atoms with Crippen molar-refractivity contribution < 1.29 is 20.4 Å². The van der Waals surface area contributed by atoms with Crippen molar-refractivity contribution in [3.8, 4) is 0 Å². The van der Waals surface area contributed by atoms with Gasteiger partial charge >= 0.3 is 0 Å². The lowest BCUT2D eigenvalue weighted by Gasteiger charge is -2.16. The quantitative estimate of drug-likeness (QED) is 0.457. The molecule has 62 valence electrons. The first kappa shape index (κ1) is 8.23. The van der Waals surface area contributed by atoms with Gasteiger partial charge in [0.1, 0.15) is 12.1 Å². The third kappa shape index (κ3) is 1.78. The minimum absolute atomic E-state index is 0.0106. The van der Waals surface area contributed by atoms with Crippen LogP contribution in [0.4, 0.5) is 0 Å². The normalized spacial score (nSPS) is 32.2. The largest absolute Gasteiger partial charge is 0.544 e. The third-order valence-electron chi connectivity index (χ3n) is 1.64. The predicted molar refractivity (Wildman–Crippen MR) is 35.2 cm³/mol. The molecule has 0 bridgehead atoms. The van der Waals surface area contributed by atoms with Gasteiger partial charge in [0, 0.05) is 0 Å². The first-order valence-electron chi connectivity index (χ1n) is 3.49. The van der Waals surface area contributed by atoms with Gasteiger partial charge in [-0.1, -0.05) is 12.2 Å². The number of carboxylic acids is 1. The summed E-state index contributed by atoms with van der Waals surface area (Å²) in [7, 11) is 0. The van der Waals surface area contributed by atoms with Crippen molar-refractivity contribution in [2.45, 2.75) is 25.2 Å². The van der Waals surface area contributed by atoms with E-state index in [1.54, 1.807) is 6.08 Å². The maximum Gasteiger partial charge on any atom is 0.155 e. The number of carbonyl (C=O) groups excluding carboxylic acids is 1. The van der Waals surface area contributed by atoms with E-state index in [1.807, 2.05) is 13.0 Å². The summed E-state index contributed by atoms with van der Waals surface area (Å²) >= 11 is 0. The van der Waals surface area contributed by atoms with E-state index < -0.39 is 18.1 Å². The predicted octanol–water partition coefficient (Wildman–Crippen LogP) is -2.31. The molecule has 0 aromatic rings. The van der Waals surface area contributed by atoms with E-state index in [-0.39, 0.29) is 6.10 Å². The Morgan fingerprint density at radius 2 is 2.36 bits per heavy atom. The van der Waals surface area contributed by atoms with E-state index in [2.05, 4.69) is 5.73 Å². The Kier molecular flexibility index (Phi) is 2.26. The third-order valence-corrected chi connectivity index (χ3v) is 1.64. The molecular formula is C7H11NO3. The molecule has 0 saturated carbocycles. The first-order valence-corrected chi connectivity index (χ1v) is 3.49. The minimum atomic E-state index is -1.17. The number of rotatable bonds is 2. The number of hydrogen-bond acceptors (Lipinski definition) is 3. The minimum Gasteiger partial charge on any atom is -0.544 e. The summed E-state index contributed by atoms with van der Waals surface area (Å²) in [6, 6.07) is -0.809. The van der Waals surface area contributed by atoms with Crippen molar-refractivity contribution in [3.05, 3.63) is 12.2 Å². The zero-order valence-electron chi connectivity index (χ0n) is 6.32. The monoisotopic (exact) mass is 157 g/mol. The molecule has 3 atom stereocenters. The van der Waals surface area contributed by atoms with Crippen LogP contribution in [0.1, 0.15) is 6.92 Å². The van der Waals surface area contributed by atoms with Crippen LogP contribution in [0, 0.1) is 0 Å². The molecule has 4 nitrogen and oxygen atoms in total. The van der Waals surface area contributed by atoms with Crippen LogP contribution in [0.25, 0.3) is 0 Å². The average Bonchev–Trinajstić information content (AvgIpc) is 2.34. The molecule has 0 aliphatic carbocycles. The maximum absolute atomic E-state index is 10.3. The molecule has 1 rings (SSSR count). The standard InChI is InChI=1S/C7H11NO3/c1-4-2-3-5(11-4)6(8)7(9)10/h2-6H,8H2,1H3,(H,9,10)/t4-,5-,6+/m1/s1. The Morgan fingerprint density at radius 3 is 2.73 bits per heavy atom. The number of hydrogen-bond donors (Lipinski definition) is 1. The number of ether oxygens (including phenoxy) is 1. The summed E-state index contributed by atoms with van der Waals surface area (Å²) in [5.41, 5.74) is 3.42. The molecule has 0 aromatic carbocycles. The molecule has 0 radical (unpaired) electrons. The molecular weight excluding hydrogens is 146 g/mol. The molecule has 0 fully saturated rings. The van der Waals surface area contributed by atoms with Gasteiger partial charge in [0.2, 0.25) is 0 Å². The molecule has 0 unspecified atom stereocenters. The van der Waals surface area contributed by atoms with Gasteiger partial charge in [-0.3, -0.25) is 0 Å². The molecule has 11 heavy (non-hydrogen) atoms. The fourth-order valence-electron chi connectivity index (χ4n) is 0.968. The van der Waals surface area contributed by atoms with Crippen molar-refractivity contribution in [1.29, 1.82) is 0 Å². The molecule has 0 saturated heterocycles.